The Kier molecular flexibility index (Phi) is 3.33. The van der Waals surface area contributed by atoms with Gasteiger partial charge >= 0.3 is 0 Å². The lowest BCUT2D eigenvalue weighted by Gasteiger charge is -2.30. The highest BCUT2D eigenvalue weighted by Crippen LogP contribution is 2.28. The summed E-state index contributed by atoms with van der Waals surface area (Å²) in [7, 11) is -3.06. The predicted molar refractivity (Wildman–Crippen MR) is 58.0 cm³/mol. The number of piperidine rings is 1. The molecule has 1 aliphatic heterocycles. The second-order valence-corrected chi connectivity index (χ2v) is 6.79. The van der Waals surface area contributed by atoms with Crippen LogP contribution in [0.1, 0.15) is 38.5 Å². The van der Waals surface area contributed by atoms with Crippen molar-refractivity contribution in [3.63, 3.8) is 0 Å². The molecule has 0 aromatic heterocycles. The summed E-state index contributed by atoms with van der Waals surface area (Å²) in [5.41, 5.74) is 0. The van der Waals surface area contributed by atoms with E-state index in [-0.39, 0.29) is 11.4 Å². The Morgan fingerprint density at radius 2 is 1.53 bits per heavy atom. The Bertz CT molecular complexity index is 301. The zero-order chi connectivity index (χ0) is 10.9. The van der Waals surface area contributed by atoms with Crippen molar-refractivity contribution in [1.82, 2.24) is 4.31 Å². The fourth-order valence-corrected chi connectivity index (χ4v) is 4.56. The van der Waals surface area contributed by atoms with Crippen molar-refractivity contribution in [3.05, 3.63) is 0 Å². The number of hydrogen-bond donors (Lipinski definition) is 1. The quantitative estimate of drug-likeness (QED) is 0.764. The summed E-state index contributed by atoms with van der Waals surface area (Å²) in [5.74, 6) is 0. The fraction of sp³-hybridized carbons (Fsp3) is 1.00. The minimum Gasteiger partial charge on any atom is -0.393 e. The molecular weight excluding hydrogens is 214 g/mol. The zero-order valence-electron chi connectivity index (χ0n) is 8.93. The Labute approximate surface area is 91.3 Å². The lowest BCUT2D eigenvalue weighted by atomic mass is 10.1. The molecular formula is C10H19NO3S. The number of rotatable bonds is 2. The van der Waals surface area contributed by atoms with Crippen LogP contribution in [0.2, 0.25) is 0 Å². The number of nitrogens with zero attached hydrogens (tertiary/aromatic N) is 1. The number of aliphatic hydroxyl groups excluding tert-OH is 1. The Morgan fingerprint density at radius 3 is 2.07 bits per heavy atom. The van der Waals surface area contributed by atoms with Crippen molar-refractivity contribution in [3.8, 4) is 0 Å². The number of sulfonamides is 1. The molecule has 0 atom stereocenters. The number of aliphatic hydroxyl groups is 1. The molecule has 1 heterocycles. The van der Waals surface area contributed by atoms with E-state index in [1.807, 2.05) is 0 Å². The van der Waals surface area contributed by atoms with E-state index in [0.29, 0.717) is 25.9 Å². The van der Waals surface area contributed by atoms with Crippen molar-refractivity contribution in [2.75, 3.05) is 13.1 Å². The van der Waals surface area contributed by atoms with Gasteiger partial charge in [-0.05, 0) is 25.7 Å². The maximum Gasteiger partial charge on any atom is 0.216 e. The first-order valence-electron chi connectivity index (χ1n) is 5.78. The van der Waals surface area contributed by atoms with Crippen LogP contribution < -0.4 is 0 Å². The molecule has 1 saturated carbocycles. The molecule has 2 aliphatic rings. The largest absolute Gasteiger partial charge is 0.393 e. The summed E-state index contributed by atoms with van der Waals surface area (Å²) in [6, 6.07) is 0. The van der Waals surface area contributed by atoms with Gasteiger partial charge in [-0.25, -0.2) is 12.7 Å². The summed E-state index contributed by atoms with van der Waals surface area (Å²) >= 11 is 0. The van der Waals surface area contributed by atoms with Crippen molar-refractivity contribution in [2.45, 2.75) is 49.9 Å². The Hall–Kier alpha value is -0.130. The minimum absolute atomic E-state index is 0.146. The summed E-state index contributed by atoms with van der Waals surface area (Å²) in [4.78, 5) is 0. The van der Waals surface area contributed by atoms with E-state index < -0.39 is 10.0 Å². The van der Waals surface area contributed by atoms with Crippen LogP contribution in [0.4, 0.5) is 0 Å². The maximum absolute atomic E-state index is 12.1. The van der Waals surface area contributed by atoms with Gasteiger partial charge in [0.2, 0.25) is 10.0 Å². The second kappa shape index (κ2) is 4.39. The van der Waals surface area contributed by atoms with Gasteiger partial charge in [0.15, 0.2) is 0 Å². The van der Waals surface area contributed by atoms with Crippen LogP contribution in [-0.4, -0.2) is 42.3 Å². The fourth-order valence-electron chi connectivity index (χ4n) is 2.49. The van der Waals surface area contributed by atoms with Gasteiger partial charge in [-0.1, -0.05) is 12.8 Å². The van der Waals surface area contributed by atoms with E-state index >= 15 is 0 Å². The smallest absolute Gasteiger partial charge is 0.216 e. The normalized spacial score (nSPS) is 27.3. The van der Waals surface area contributed by atoms with E-state index in [4.69, 9.17) is 0 Å². The molecule has 0 amide bonds. The Balaban J connectivity index is 2.02. The first kappa shape index (κ1) is 11.4. The van der Waals surface area contributed by atoms with Gasteiger partial charge < -0.3 is 5.11 Å². The lowest BCUT2D eigenvalue weighted by Crippen LogP contribution is -2.43. The second-order valence-electron chi connectivity index (χ2n) is 4.58. The maximum atomic E-state index is 12.1. The third kappa shape index (κ3) is 2.34. The molecule has 1 N–H and O–H groups in total. The molecule has 15 heavy (non-hydrogen) atoms. The molecule has 0 bridgehead atoms. The summed E-state index contributed by atoms with van der Waals surface area (Å²) in [5, 5.41) is 9.19. The standard InChI is InChI=1S/C10H19NO3S/c12-9-5-7-11(8-6-9)15(13,14)10-3-1-2-4-10/h9-10,12H,1-8H2. The SMILES string of the molecule is O=S(=O)(C1CCCC1)N1CCC(O)CC1. The van der Waals surface area contributed by atoms with Crippen LogP contribution >= 0.6 is 0 Å². The van der Waals surface area contributed by atoms with Crippen molar-refractivity contribution < 1.29 is 13.5 Å². The van der Waals surface area contributed by atoms with E-state index in [1.165, 1.54) is 0 Å². The molecule has 88 valence electrons. The molecule has 0 aromatic rings. The van der Waals surface area contributed by atoms with Crippen molar-refractivity contribution >= 4 is 10.0 Å². The van der Waals surface area contributed by atoms with Crippen LogP contribution in [-0.2, 0) is 10.0 Å². The average Bonchev–Trinajstić information content (AvgIpc) is 2.71. The summed E-state index contributed by atoms with van der Waals surface area (Å²) in [6.45, 7) is 1.00. The van der Waals surface area contributed by atoms with Crippen LogP contribution in [0.3, 0.4) is 0 Å². The van der Waals surface area contributed by atoms with Gasteiger partial charge in [-0.15, -0.1) is 0 Å². The molecule has 0 aromatic carbocycles. The molecule has 0 spiro atoms. The van der Waals surface area contributed by atoms with Crippen LogP contribution in [0.5, 0.6) is 0 Å². The molecule has 1 aliphatic carbocycles. The highest BCUT2D eigenvalue weighted by molar-refractivity contribution is 7.89. The van der Waals surface area contributed by atoms with Crippen molar-refractivity contribution in [1.29, 1.82) is 0 Å². The summed E-state index contributed by atoms with van der Waals surface area (Å²) in [6.07, 6.45) is 4.60. The van der Waals surface area contributed by atoms with Gasteiger partial charge in [0.1, 0.15) is 0 Å². The van der Waals surface area contributed by atoms with E-state index in [9.17, 15) is 13.5 Å². The first-order chi connectivity index (χ1) is 7.10. The summed E-state index contributed by atoms with van der Waals surface area (Å²) < 4.78 is 25.9. The van der Waals surface area contributed by atoms with Crippen LogP contribution in [0, 0.1) is 0 Å². The van der Waals surface area contributed by atoms with Gasteiger partial charge in [0.25, 0.3) is 0 Å². The lowest BCUT2D eigenvalue weighted by molar-refractivity contribution is 0.112. The predicted octanol–water partition coefficient (Wildman–Crippen LogP) is 0.716. The molecule has 0 radical (unpaired) electrons. The van der Waals surface area contributed by atoms with Crippen molar-refractivity contribution in [2.24, 2.45) is 0 Å². The van der Waals surface area contributed by atoms with Gasteiger partial charge in [0.05, 0.1) is 11.4 Å². The van der Waals surface area contributed by atoms with E-state index in [0.717, 1.165) is 25.7 Å². The molecule has 1 saturated heterocycles. The van der Waals surface area contributed by atoms with Crippen LogP contribution in [0.25, 0.3) is 0 Å². The third-order valence-corrected chi connectivity index (χ3v) is 5.91. The van der Waals surface area contributed by atoms with E-state index in [2.05, 4.69) is 0 Å². The molecule has 0 unspecified atom stereocenters. The number of hydrogen-bond acceptors (Lipinski definition) is 3. The van der Waals surface area contributed by atoms with Gasteiger partial charge in [-0.3, -0.25) is 0 Å². The van der Waals surface area contributed by atoms with E-state index in [1.54, 1.807) is 4.31 Å². The monoisotopic (exact) mass is 233 g/mol. The molecule has 4 nitrogen and oxygen atoms in total. The molecule has 2 fully saturated rings. The topological polar surface area (TPSA) is 57.6 Å². The third-order valence-electron chi connectivity index (χ3n) is 3.51. The average molecular weight is 233 g/mol. The zero-order valence-corrected chi connectivity index (χ0v) is 9.75. The first-order valence-corrected chi connectivity index (χ1v) is 7.28. The van der Waals surface area contributed by atoms with Gasteiger partial charge in [0, 0.05) is 13.1 Å². The molecule has 2 rings (SSSR count). The highest BCUT2D eigenvalue weighted by Gasteiger charge is 2.35. The highest BCUT2D eigenvalue weighted by atomic mass is 32.2. The van der Waals surface area contributed by atoms with Gasteiger partial charge in [-0.2, -0.15) is 0 Å². The Morgan fingerprint density at radius 1 is 1.00 bits per heavy atom. The van der Waals surface area contributed by atoms with Crippen LogP contribution in [0.15, 0.2) is 0 Å². The minimum atomic E-state index is -3.06. The molecule has 5 heteroatoms.